The Morgan fingerprint density at radius 1 is 1.56 bits per heavy atom. The number of amides is 1. The Hall–Kier alpha value is -0.650. The van der Waals surface area contributed by atoms with Gasteiger partial charge in [0.2, 0.25) is 5.91 Å². The van der Waals surface area contributed by atoms with E-state index in [0.29, 0.717) is 13.2 Å². The van der Waals surface area contributed by atoms with Crippen molar-refractivity contribution in [3.05, 3.63) is 0 Å². The van der Waals surface area contributed by atoms with E-state index >= 15 is 0 Å². The monoisotopic (exact) mass is 229 g/mol. The van der Waals surface area contributed by atoms with Crippen LogP contribution in [0.5, 0.6) is 0 Å². The molecule has 0 aromatic carbocycles. The molecule has 1 fully saturated rings. The first-order chi connectivity index (χ1) is 7.75. The van der Waals surface area contributed by atoms with Crippen molar-refractivity contribution in [1.29, 1.82) is 0 Å². The van der Waals surface area contributed by atoms with Crippen molar-refractivity contribution < 1.29 is 9.53 Å². The molecule has 1 aliphatic rings. The second-order valence-electron chi connectivity index (χ2n) is 4.12. The van der Waals surface area contributed by atoms with E-state index < -0.39 is 0 Å². The third-order valence-corrected chi connectivity index (χ3v) is 2.85. The van der Waals surface area contributed by atoms with E-state index in [0.717, 1.165) is 39.1 Å². The topological polar surface area (TPSA) is 67.6 Å². The minimum atomic E-state index is -0.249. The van der Waals surface area contributed by atoms with E-state index in [2.05, 4.69) is 17.1 Å². The van der Waals surface area contributed by atoms with Crippen LogP contribution in [0.15, 0.2) is 0 Å². The highest BCUT2D eigenvalue weighted by molar-refractivity contribution is 5.80. The van der Waals surface area contributed by atoms with Crippen LogP contribution in [-0.4, -0.2) is 56.2 Å². The van der Waals surface area contributed by atoms with E-state index in [4.69, 9.17) is 10.5 Å². The van der Waals surface area contributed by atoms with E-state index in [1.165, 1.54) is 0 Å². The Labute approximate surface area is 97.3 Å². The van der Waals surface area contributed by atoms with Crippen LogP contribution >= 0.6 is 0 Å². The van der Waals surface area contributed by atoms with Crippen LogP contribution in [0.4, 0.5) is 0 Å². The molecule has 1 unspecified atom stereocenters. The highest BCUT2D eigenvalue weighted by Crippen LogP contribution is 2.02. The number of nitrogens with zero attached hydrogens (tertiary/aromatic N) is 1. The molecule has 3 N–H and O–H groups in total. The fourth-order valence-corrected chi connectivity index (χ4v) is 1.82. The second-order valence-corrected chi connectivity index (χ2v) is 4.12. The maximum atomic E-state index is 11.2. The SMILES string of the molecule is CCCCOCCN1CCNCC1C(N)=O. The van der Waals surface area contributed by atoms with Crippen molar-refractivity contribution in [2.45, 2.75) is 25.8 Å². The first-order valence-electron chi connectivity index (χ1n) is 6.07. The summed E-state index contributed by atoms with van der Waals surface area (Å²) in [6.45, 7) is 6.86. The molecule has 5 heteroatoms. The van der Waals surface area contributed by atoms with Gasteiger partial charge in [-0.15, -0.1) is 0 Å². The molecule has 0 aliphatic carbocycles. The molecule has 0 spiro atoms. The first kappa shape index (κ1) is 13.4. The number of piperazine rings is 1. The molecular formula is C11H23N3O2. The quantitative estimate of drug-likeness (QED) is 0.581. The molecule has 94 valence electrons. The number of nitrogens with one attached hydrogen (secondary N) is 1. The zero-order valence-electron chi connectivity index (χ0n) is 10.1. The molecule has 1 heterocycles. The lowest BCUT2D eigenvalue weighted by Gasteiger charge is -2.33. The van der Waals surface area contributed by atoms with Gasteiger partial charge >= 0.3 is 0 Å². The number of carbonyl (C=O) groups is 1. The molecule has 5 nitrogen and oxygen atoms in total. The summed E-state index contributed by atoms with van der Waals surface area (Å²) in [5.74, 6) is -0.249. The van der Waals surface area contributed by atoms with Crippen LogP contribution in [0.25, 0.3) is 0 Å². The summed E-state index contributed by atoms with van der Waals surface area (Å²) in [5.41, 5.74) is 5.35. The Morgan fingerprint density at radius 3 is 3.06 bits per heavy atom. The smallest absolute Gasteiger partial charge is 0.236 e. The van der Waals surface area contributed by atoms with Gasteiger partial charge in [-0.1, -0.05) is 13.3 Å². The lowest BCUT2D eigenvalue weighted by Crippen LogP contribution is -2.57. The average Bonchev–Trinajstić information content (AvgIpc) is 2.29. The summed E-state index contributed by atoms with van der Waals surface area (Å²) in [4.78, 5) is 13.3. The van der Waals surface area contributed by atoms with E-state index in [1.807, 2.05) is 0 Å². The molecule has 1 saturated heterocycles. The molecule has 0 bridgehead atoms. The van der Waals surface area contributed by atoms with Gasteiger partial charge in [0.05, 0.1) is 6.61 Å². The Kier molecular flexibility index (Phi) is 6.37. The zero-order valence-corrected chi connectivity index (χ0v) is 10.1. The largest absolute Gasteiger partial charge is 0.380 e. The Balaban J connectivity index is 2.19. The van der Waals surface area contributed by atoms with Gasteiger partial charge in [0, 0.05) is 32.8 Å². The molecule has 0 radical (unpaired) electrons. The molecule has 1 rings (SSSR count). The molecular weight excluding hydrogens is 206 g/mol. The van der Waals surface area contributed by atoms with Crippen LogP contribution in [0, 0.1) is 0 Å². The predicted octanol–water partition coefficient (Wildman–Crippen LogP) is -0.438. The summed E-state index contributed by atoms with van der Waals surface area (Å²) in [7, 11) is 0. The fourth-order valence-electron chi connectivity index (χ4n) is 1.82. The van der Waals surface area contributed by atoms with Gasteiger partial charge in [-0.3, -0.25) is 9.69 Å². The number of unbranched alkanes of at least 4 members (excludes halogenated alkanes) is 1. The normalized spacial score (nSPS) is 22.2. The number of hydrogen-bond acceptors (Lipinski definition) is 4. The van der Waals surface area contributed by atoms with Gasteiger partial charge in [-0.2, -0.15) is 0 Å². The van der Waals surface area contributed by atoms with Crippen molar-refractivity contribution in [1.82, 2.24) is 10.2 Å². The minimum Gasteiger partial charge on any atom is -0.380 e. The van der Waals surface area contributed by atoms with Crippen LogP contribution < -0.4 is 11.1 Å². The highest BCUT2D eigenvalue weighted by Gasteiger charge is 2.25. The van der Waals surface area contributed by atoms with Crippen LogP contribution in [0.2, 0.25) is 0 Å². The van der Waals surface area contributed by atoms with Crippen molar-refractivity contribution in [2.24, 2.45) is 5.73 Å². The average molecular weight is 229 g/mol. The maximum absolute atomic E-state index is 11.2. The van der Waals surface area contributed by atoms with E-state index in [-0.39, 0.29) is 11.9 Å². The third-order valence-electron chi connectivity index (χ3n) is 2.85. The highest BCUT2D eigenvalue weighted by atomic mass is 16.5. The summed E-state index contributed by atoms with van der Waals surface area (Å²) >= 11 is 0. The van der Waals surface area contributed by atoms with Crippen LogP contribution in [0.3, 0.4) is 0 Å². The fraction of sp³-hybridized carbons (Fsp3) is 0.909. The predicted molar refractivity (Wildman–Crippen MR) is 63.2 cm³/mol. The number of rotatable bonds is 7. The lowest BCUT2D eigenvalue weighted by molar-refractivity contribution is -0.124. The van der Waals surface area contributed by atoms with Crippen molar-refractivity contribution in [2.75, 3.05) is 39.4 Å². The number of nitrogens with two attached hydrogens (primary N) is 1. The number of primary amides is 1. The standard InChI is InChI=1S/C11H23N3O2/c1-2-3-7-16-8-6-14-5-4-13-9-10(14)11(12)15/h10,13H,2-9H2,1H3,(H2,12,15). The molecule has 0 aromatic heterocycles. The number of hydrogen-bond donors (Lipinski definition) is 2. The molecule has 0 saturated carbocycles. The van der Waals surface area contributed by atoms with Crippen molar-refractivity contribution in [3.63, 3.8) is 0 Å². The Morgan fingerprint density at radius 2 is 2.38 bits per heavy atom. The van der Waals surface area contributed by atoms with Gasteiger partial charge in [-0.05, 0) is 6.42 Å². The summed E-state index contributed by atoms with van der Waals surface area (Å²) in [6, 6.07) is -0.177. The van der Waals surface area contributed by atoms with E-state index in [9.17, 15) is 4.79 Å². The van der Waals surface area contributed by atoms with Crippen molar-refractivity contribution in [3.8, 4) is 0 Å². The maximum Gasteiger partial charge on any atom is 0.236 e. The molecule has 16 heavy (non-hydrogen) atoms. The summed E-state index contributed by atoms with van der Waals surface area (Å²) in [6.07, 6.45) is 2.25. The molecule has 1 amide bonds. The summed E-state index contributed by atoms with van der Waals surface area (Å²) in [5, 5.41) is 3.17. The van der Waals surface area contributed by atoms with Gasteiger partial charge < -0.3 is 15.8 Å². The van der Waals surface area contributed by atoms with Gasteiger partial charge in [-0.25, -0.2) is 0 Å². The molecule has 1 atom stereocenters. The van der Waals surface area contributed by atoms with Crippen molar-refractivity contribution >= 4 is 5.91 Å². The zero-order chi connectivity index (χ0) is 11.8. The lowest BCUT2D eigenvalue weighted by atomic mass is 10.2. The Bertz CT molecular complexity index is 211. The summed E-state index contributed by atoms with van der Waals surface area (Å²) < 4.78 is 5.49. The molecule has 0 aromatic rings. The first-order valence-corrected chi connectivity index (χ1v) is 6.07. The second kappa shape index (κ2) is 7.60. The van der Waals surface area contributed by atoms with Crippen LogP contribution in [0.1, 0.15) is 19.8 Å². The van der Waals surface area contributed by atoms with Gasteiger partial charge in [0.25, 0.3) is 0 Å². The minimum absolute atomic E-state index is 0.177. The molecule has 1 aliphatic heterocycles. The third kappa shape index (κ3) is 4.47. The number of ether oxygens (including phenoxy) is 1. The number of carbonyl (C=O) groups excluding carboxylic acids is 1. The van der Waals surface area contributed by atoms with E-state index in [1.54, 1.807) is 0 Å². The van der Waals surface area contributed by atoms with Crippen LogP contribution in [-0.2, 0) is 9.53 Å². The van der Waals surface area contributed by atoms with Gasteiger partial charge in [0.15, 0.2) is 0 Å². The van der Waals surface area contributed by atoms with Gasteiger partial charge in [0.1, 0.15) is 6.04 Å².